The van der Waals surface area contributed by atoms with Crippen molar-refractivity contribution in [2.45, 2.75) is 19.9 Å². The van der Waals surface area contributed by atoms with Crippen LogP contribution in [-0.4, -0.2) is 17.1 Å². The number of nitrogens with zero attached hydrogens (tertiary/aromatic N) is 2. The fourth-order valence-corrected chi connectivity index (χ4v) is 1.66. The summed E-state index contributed by atoms with van der Waals surface area (Å²) in [7, 11) is 1.61. The first-order valence-corrected chi connectivity index (χ1v) is 6.12. The van der Waals surface area contributed by atoms with Crippen LogP contribution in [0.1, 0.15) is 18.2 Å². The second-order valence-electron chi connectivity index (χ2n) is 3.99. The monoisotopic (exact) mass is 259 g/mol. The van der Waals surface area contributed by atoms with Gasteiger partial charge in [-0.2, -0.15) is 0 Å². The van der Waals surface area contributed by atoms with Crippen LogP contribution in [-0.2, 0) is 13.0 Å². The number of rotatable bonds is 5. The molecule has 0 atom stereocenters. The summed E-state index contributed by atoms with van der Waals surface area (Å²) < 4.78 is 11.0. The lowest BCUT2D eigenvalue weighted by Crippen LogP contribution is -2.01. The molecule has 0 radical (unpaired) electrons. The summed E-state index contributed by atoms with van der Waals surface area (Å²) in [5, 5.41) is 0. The van der Waals surface area contributed by atoms with E-state index in [-0.39, 0.29) is 0 Å². The molecule has 1 aromatic carbocycles. The van der Waals surface area contributed by atoms with E-state index in [1.165, 1.54) is 5.56 Å². The standard InChI is InChI=1S/C14H17N3O2/c1-3-10-4-5-12(13(6-10)18-2)19-14-9-16-8-11(7-15)17-14/h4-6,8-9H,3,7,15H2,1-2H3. The van der Waals surface area contributed by atoms with Gasteiger partial charge in [-0.3, -0.25) is 4.98 Å². The Hall–Kier alpha value is -2.14. The molecule has 5 nitrogen and oxygen atoms in total. The van der Waals surface area contributed by atoms with Gasteiger partial charge in [-0.25, -0.2) is 4.98 Å². The first-order valence-electron chi connectivity index (χ1n) is 6.12. The lowest BCUT2D eigenvalue weighted by molar-refractivity contribution is 0.372. The van der Waals surface area contributed by atoms with Crippen molar-refractivity contribution in [1.82, 2.24) is 9.97 Å². The number of aryl methyl sites for hydroxylation is 1. The highest BCUT2D eigenvalue weighted by molar-refractivity contribution is 5.44. The van der Waals surface area contributed by atoms with Crippen LogP contribution in [0, 0.1) is 0 Å². The summed E-state index contributed by atoms with van der Waals surface area (Å²) in [5.74, 6) is 1.70. The molecule has 0 saturated heterocycles. The minimum Gasteiger partial charge on any atom is -0.493 e. The largest absolute Gasteiger partial charge is 0.493 e. The first kappa shape index (κ1) is 13.3. The molecule has 0 amide bonds. The molecule has 100 valence electrons. The Morgan fingerprint density at radius 2 is 2.05 bits per heavy atom. The van der Waals surface area contributed by atoms with Gasteiger partial charge < -0.3 is 15.2 Å². The third kappa shape index (κ3) is 3.20. The average molecular weight is 259 g/mol. The van der Waals surface area contributed by atoms with Crippen molar-refractivity contribution in [2.24, 2.45) is 5.73 Å². The molecular formula is C14H17N3O2. The van der Waals surface area contributed by atoms with E-state index in [9.17, 15) is 0 Å². The Kier molecular flexibility index (Phi) is 4.30. The van der Waals surface area contributed by atoms with Crippen molar-refractivity contribution in [2.75, 3.05) is 7.11 Å². The summed E-state index contributed by atoms with van der Waals surface area (Å²) in [5.41, 5.74) is 7.39. The molecule has 19 heavy (non-hydrogen) atoms. The van der Waals surface area contributed by atoms with E-state index < -0.39 is 0 Å². The molecule has 0 aliphatic rings. The maximum atomic E-state index is 5.69. The summed E-state index contributed by atoms with van der Waals surface area (Å²) in [6, 6.07) is 5.82. The molecule has 0 bridgehead atoms. The minimum atomic E-state index is 0.329. The Labute approximate surface area is 112 Å². The Morgan fingerprint density at radius 1 is 1.21 bits per heavy atom. The van der Waals surface area contributed by atoms with Gasteiger partial charge >= 0.3 is 0 Å². The fraction of sp³-hybridized carbons (Fsp3) is 0.286. The highest BCUT2D eigenvalue weighted by atomic mass is 16.5. The Balaban J connectivity index is 2.26. The number of benzene rings is 1. The zero-order valence-electron chi connectivity index (χ0n) is 11.1. The zero-order valence-corrected chi connectivity index (χ0v) is 11.1. The molecule has 5 heteroatoms. The predicted molar refractivity (Wildman–Crippen MR) is 72.4 cm³/mol. The summed E-state index contributed by atoms with van der Waals surface area (Å²) in [6.07, 6.45) is 4.11. The number of nitrogens with two attached hydrogens (primary N) is 1. The Morgan fingerprint density at radius 3 is 2.74 bits per heavy atom. The third-order valence-corrected chi connectivity index (χ3v) is 2.72. The molecule has 0 unspecified atom stereocenters. The van der Waals surface area contributed by atoms with Gasteiger partial charge in [0.1, 0.15) is 0 Å². The van der Waals surface area contributed by atoms with Crippen molar-refractivity contribution in [3.05, 3.63) is 41.9 Å². The van der Waals surface area contributed by atoms with Crippen LogP contribution in [0.2, 0.25) is 0 Å². The van der Waals surface area contributed by atoms with Crippen LogP contribution in [0.15, 0.2) is 30.6 Å². The normalized spacial score (nSPS) is 10.3. The van der Waals surface area contributed by atoms with Gasteiger partial charge in [0.25, 0.3) is 0 Å². The first-order chi connectivity index (χ1) is 9.26. The second kappa shape index (κ2) is 6.15. The van der Waals surface area contributed by atoms with Crippen molar-refractivity contribution in [3.63, 3.8) is 0 Å². The SMILES string of the molecule is CCc1ccc(Oc2cncc(CN)n2)c(OC)c1. The highest BCUT2D eigenvalue weighted by Crippen LogP contribution is 2.31. The van der Waals surface area contributed by atoms with Crippen LogP contribution >= 0.6 is 0 Å². The maximum absolute atomic E-state index is 5.69. The lowest BCUT2D eigenvalue weighted by atomic mass is 10.1. The minimum absolute atomic E-state index is 0.329. The number of aromatic nitrogens is 2. The van der Waals surface area contributed by atoms with E-state index >= 15 is 0 Å². The van der Waals surface area contributed by atoms with Crippen molar-refractivity contribution < 1.29 is 9.47 Å². The summed E-state index contributed by atoms with van der Waals surface area (Å²) in [6.45, 7) is 2.42. The van der Waals surface area contributed by atoms with Gasteiger partial charge in [-0.05, 0) is 24.1 Å². The van der Waals surface area contributed by atoms with Gasteiger partial charge in [-0.1, -0.05) is 13.0 Å². The predicted octanol–water partition coefficient (Wildman–Crippen LogP) is 2.30. The molecule has 2 rings (SSSR count). The van der Waals surface area contributed by atoms with Gasteiger partial charge in [-0.15, -0.1) is 0 Å². The molecular weight excluding hydrogens is 242 g/mol. The van der Waals surface area contributed by atoms with E-state index in [1.807, 2.05) is 18.2 Å². The number of ether oxygens (including phenoxy) is 2. The molecule has 0 aliphatic heterocycles. The van der Waals surface area contributed by atoms with Gasteiger partial charge in [0.2, 0.25) is 5.88 Å². The zero-order chi connectivity index (χ0) is 13.7. The Bertz CT molecular complexity index is 558. The van der Waals surface area contributed by atoms with Crippen LogP contribution < -0.4 is 15.2 Å². The quantitative estimate of drug-likeness (QED) is 0.892. The van der Waals surface area contributed by atoms with Gasteiger partial charge in [0.05, 0.1) is 19.0 Å². The van der Waals surface area contributed by atoms with Crippen molar-refractivity contribution in [3.8, 4) is 17.4 Å². The van der Waals surface area contributed by atoms with E-state index in [2.05, 4.69) is 16.9 Å². The smallest absolute Gasteiger partial charge is 0.238 e. The number of hydrogen-bond donors (Lipinski definition) is 1. The molecule has 0 spiro atoms. The third-order valence-electron chi connectivity index (χ3n) is 2.72. The molecule has 1 aromatic heterocycles. The summed E-state index contributed by atoms with van der Waals surface area (Å²) in [4.78, 5) is 8.27. The van der Waals surface area contributed by atoms with E-state index in [4.69, 9.17) is 15.2 Å². The number of methoxy groups -OCH3 is 1. The fourth-order valence-electron chi connectivity index (χ4n) is 1.66. The van der Waals surface area contributed by atoms with Crippen molar-refractivity contribution in [1.29, 1.82) is 0 Å². The second-order valence-corrected chi connectivity index (χ2v) is 3.99. The lowest BCUT2D eigenvalue weighted by Gasteiger charge is -2.11. The highest BCUT2D eigenvalue weighted by Gasteiger charge is 2.08. The van der Waals surface area contributed by atoms with Crippen LogP contribution in [0.25, 0.3) is 0 Å². The maximum Gasteiger partial charge on any atom is 0.238 e. The van der Waals surface area contributed by atoms with Crippen LogP contribution in [0.3, 0.4) is 0 Å². The molecule has 2 N–H and O–H groups in total. The van der Waals surface area contributed by atoms with Crippen LogP contribution in [0.5, 0.6) is 17.4 Å². The van der Waals surface area contributed by atoms with Gasteiger partial charge in [0.15, 0.2) is 11.5 Å². The molecule has 0 aliphatic carbocycles. The molecule has 1 heterocycles. The van der Waals surface area contributed by atoms with Crippen LogP contribution in [0.4, 0.5) is 0 Å². The molecule has 2 aromatic rings. The van der Waals surface area contributed by atoms with Gasteiger partial charge in [0, 0.05) is 12.7 Å². The average Bonchev–Trinajstić information content (AvgIpc) is 2.48. The number of hydrogen-bond acceptors (Lipinski definition) is 5. The summed E-state index contributed by atoms with van der Waals surface area (Å²) >= 11 is 0. The van der Waals surface area contributed by atoms with Crippen molar-refractivity contribution >= 4 is 0 Å². The van der Waals surface area contributed by atoms with E-state index in [1.54, 1.807) is 19.5 Å². The molecule has 0 fully saturated rings. The van der Waals surface area contributed by atoms with E-state index in [0.717, 1.165) is 6.42 Å². The topological polar surface area (TPSA) is 70.3 Å². The molecule has 0 saturated carbocycles. The van der Waals surface area contributed by atoms with E-state index in [0.29, 0.717) is 29.6 Å².